The van der Waals surface area contributed by atoms with Gasteiger partial charge in [-0.05, 0) is 56.2 Å². The van der Waals surface area contributed by atoms with Crippen LogP contribution in [0.1, 0.15) is 38.3 Å². The summed E-state index contributed by atoms with van der Waals surface area (Å²) in [6.45, 7) is 6.73. The van der Waals surface area contributed by atoms with Gasteiger partial charge in [0.1, 0.15) is 5.75 Å². The maximum absolute atomic E-state index is 12.3. The number of nitrogens with zero attached hydrogens (tertiary/aromatic N) is 3. The van der Waals surface area contributed by atoms with Gasteiger partial charge in [0, 0.05) is 22.3 Å². The normalized spacial score (nSPS) is 11.9. The van der Waals surface area contributed by atoms with Crippen LogP contribution in [0.3, 0.4) is 0 Å². The zero-order valence-electron chi connectivity index (χ0n) is 17.6. The van der Waals surface area contributed by atoms with Gasteiger partial charge in [-0.25, -0.2) is 0 Å². The van der Waals surface area contributed by atoms with Crippen molar-refractivity contribution in [2.45, 2.75) is 45.0 Å². The Morgan fingerprint density at radius 3 is 2.42 bits per heavy atom. The second kappa shape index (κ2) is 10.9. The Morgan fingerprint density at radius 1 is 1.13 bits per heavy atom. The van der Waals surface area contributed by atoms with Gasteiger partial charge in [0.2, 0.25) is 5.91 Å². The van der Waals surface area contributed by atoms with Crippen molar-refractivity contribution in [3.8, 4) is 5.75 Å². The van der Waals surface area contributed by atoms with Gasteiger partial charge in [0.15, 0.2) is 17.1 Å². The van der Waals surface area contributed by atoms with Crippen LogP contribution in [0.15, 0.2) is 47.6 Å². The first kappa shape index (κ1) is 23.4. The first-order valence-corrected chi connectivity index (χ1v) is 11.7. The molecule has 1 atom stereocenters. The maximum Gasteiger partial charge on any atom is 0.234 e. The number of hydrogen-bond donors (Lipinski definition) is 1. The van der Waals surface area contributed by atoms with Gasteiger partial charge in [-0.2, -0.15) is 0 Å². The topological polar surface area (TPSA) is 69.0 Å². The molecule has 164 valence electrons. The number of amides is 1. The highest BCUT2D eigenvalue weighted by molar-refractivity contribution is 7.99. The van der Waals surface area contributed by atoms with Crippen molar-refractivity contribution in [3.05, 3.63) is 63.9 Å². The molecule has 1 heterocycles. The molecule has 0 aliphatic carbocycles. The van der Waals surface area contributed by atoms with Gasteiger partial charge < -0.3 is 14.6 Å². The molecule has 6 nitrogen and oxygen atoms in total. The van der Waals surface area contributed by atoms with Gasteiger partial charge in [-0.3, -0.25) is 4.79 Å². The Kier molecular flexibility index (Phi) is 8.23. The minimum Gasteiger partial charge on any atom is -0.483 e. The van der Waals surface area contributed by atoms with Gasteiger partial charge in [0.05, 0.1) is 5.75 Å². The molecule has 1 N–H and O–H groups in total. The molecule has 0 saturated heterocycles. The van der Waals surface area contributed by atoms with Crippen LogP contribution in [0, 0.1) is 0 Å². The summed E-state index contributed by atoms with van der Waals surface area (Å²) < 4.78 is 8.00. The number of anilines is 1. The zero-order valence-corrected chi connectivity index (χ0v) is 19.9. The molecular formula is C22H24Cl2N4O2S. The molecule has 0 radical (unpaired) electrons. The molecular weight excluding hydrogens is 455 g/mol. The van der Waals surface area contributed by atoms with Crippen LogP contribution in [-0.2, 0) is 17.8 Å². The van der Waals surface area contributed by atoms with Crippen LogP contribution in [0.5, 0.6) is 5.75 Å². The van der Waals surface area contributed by atoms with Gasteiger partial charge in [-0.1, -0.05) is 54.0 Å². The summed E-state index contributed by atoms with van der Waals surface area (Å²) in [5.74, 6) is 1.49. The number of aromatic nitrogens is 3. The Labute approximate surface area is 196 Å². The number of thioether (sulfide) groups is 1. The lowest BCUT2D eigenvalue weighted by Gasteiger charge is -2.16. The van der Waals surface area contributed by atoms with E-state index in [0.29, 0.717) is 33.3 Å². The lowest BCUT2D eigenvalue weighted by atomic mass is 10.2. The summed E-state index contributed by atoms with van der Waals surface area (Å²) in [4.78, 5) is 12.3. The Hall–Kier alpha value is -2.22. The van der Waals surface area contributed by atoms with E-state index in [4.69, 9.17) is 27.9 Å². The lowest BCUT2D eigenvalue weighted by Crippen LogP contribution is -2.15. The highest BCUT2D eigenvalue weighted by atomic mass is 35.5. The van der Waals surface area contributed by atoms with Crippen LogP contribution in [0.4, 0.5) is 5.69 Å². The van der Waals surface area contributed by atoms with Crippen LogP contribution in [0.25, 0.3) is 0 Å². The smallest absolute Gasteiger partial charge is 0.234 e. The van der Waals surface area contributed by atoms with Gasteiger partial charge in [-0.15, -0.1) is 10.2 Å². The summed E-state index contributed by atoms with van der Waals surface area (Å²) >= 11 is 13.3. The second-order valence-corrected chi connectivity index (χ2v) is 8.65. The first-order chi connectivity index (χ1) is 14.9. The average Bonchev–Trinajstić information content (AvgIpc) is 3.15. The van der Waals surface area contributed by atoms with E-state index in [2.05, 4.69) is 34.6 Å². The number of halogens is 2. The van der Waals surface area contributed by atoms with Crippen molar-refractivity contribution in [2.75, 3.05) is 11.1 Å². The highest BCUT2D eigenvalue weighted by Gasteiger charge is 2.19. The number of hydrogen-bond acceptors (Lipinski definition) is 5. The fraction of sp³-hybridized carbons (Fsp3) is 0.318. The molecule has 0 spiro atoms. The molecule has 1 amide bonds. The standard InChI is InChI=1S/C22H24Cl2N4O2S/c1-4-15-6-8-19(9-7-15)30-14(3)21-26-27-22(28(21)5-2)31-13-20(29)25-18-11-16(23)10-17(24)12-18/h6-12,14H,4-5,13H2,1-3H3,(H,25,29)/t14-/m0/s1. The van der Waals surface area contributed by atoms with E-state index in [1.807, 2.05) is 30.5 Å². The Bertz CT molecular complexity index is 1020. The first-order valence-electron chi connectivity index (χ1n) is 9.97. The minimum atomic E-state index is -0.281. The average molecular weight is 479 g/mol. The van der Waals surface area contributed by atoms with E-state index in [9.17, 15) is 4.79 Å². The third-order valence-electron chi connectivity index (χ3n) is 4.55. The minimum absolute atomic E-state index is 0.177. The molecule has 1 aromatic heterocycles. The predicted molar refractivity (Wildman–Crippen MR) is 126 cm³/mol. The van der Waals surface area contributed by atoms with Crippen molar-refractivity contribution in [2.24, 2.45) is 0 Å². The SMILES string of the molecule is CCc1ccc(O[C@@H](C)c2nnc(SCC(=O)Nc3cc(Cl)cc(Cl)c3)n2CC)cc1. The van der Waals surface area contributed by atoms with Crippen LogP contribution < -0.4 is 10.1 Å². The molecule has 0 aliphatic rings. The molecule has 31 heavy (non-hydrogen) atoms. The van der Waals surface area contributed by atoms with Crippen LogP contribution >= 0.6 is 35.0 Å². The van der Waals surface area contributed by atoms with Crippen LogP contribution in [-0.4, -0.2) is 26.4 Å². The van der Waals surface area contributed by atoms with Crippen molar-refractivity contribution in [1.29, 1.82) is 0 Å². The quantitative estimate of drug-likeness (QED) is 0.379. The zero-order chi connectivity index (χ0) is 22.4. The van der Waals surface area contributed by atoms with Crippen molar-refractivity contribution >= 4 is 46.6 Å². The lowest BCUT2D eigenvalue weighted by molar-refractivity contribution is -0.113. The van der Waals surface area contributed by atoms with Crippen molar-refractivity contribution in [3.63, 3.8) is 0 Å². The van der Waals surface area contributed by atoms with Crippen LogP contribution in [0.2, 0.25) is 10.0 Å². The number of benzene rings is 2. The molecule has 2 aromatic carbocycles. The Morgan fingerprint density at radius 2 is 1.81 bits per heavy atom. The third kappa shape index (κ3) is 6.38. The largest absolute Gasteiger partial charge is 0.483 e. The van der Waals surface area contributed by atoms with E-state index in [0.717, 1.165) is 12.2 Å². The highest BCUT2D eigenvalue weighted by Crippen LogP contribution is 2.26. The van der Waals surface area contributed by atoms with Gasteiger partial charge in [0.25, 0.3) is 0 Å². The predicted octanol–water partition coefficient (Wildman–Crippen LogP) is 6.04. The maximum atomic E-state index is 12.3. The number of ether oxygens (including phenoxy) is 1. The molecule has 0 aliphatic heterocycles. The van der Waals surface area contributed by atoms with E-state index >= 15 is 0 Å². The fourth-order valence-electron chi connectivity index (χ4n) is 3.02. The molecule has 0 fully saturated rings. The van der Waals surface area contributed by atoms with E-state index in [-0.39, 0.29) is 17.8 Å². The Balaban J connectivity index is 1.62. The molecule has 0 unspecified atom stereocenters. The monoisotopic (exact) mass is 478 g/mol. The molecule has 0 saturated carbocycles. The number of nitrogens with one attached hydrogen (secondary N) is 1. The number of carbonyl (C=O) groups excluding carboxylic acids is 1. The van der Waals surface area contributed by atoms with Crippen molar-refractivity contribution in [1.82, 2.24) is 14.8 Å². The van der Waals surface area contributed by atoms with E-state index in [1.165, 1.54) is 17.3 Å². The molecule has 9 heteroatoms. The fourth-order valence-corrected chi connectivity index (χ4v) is 4.35. The summed E-state index contributed by atoms with van der Waals surface area (Å²) in [5.41, 5.74) is 1.81. The second-order valence-electron chi connectivity index (χ2n) is 6.84. The summed E-state index contributed by atoms with van der Waals surface area (Å²) in [6.07, 6.45) is 0.704. The summed E-state index contributed by atoms with van der Waals surface area (Å²) in [5, 5.41) is 12.9. The van der Waals surface area contributed by atoms with E-state index < -0.39 is 0 Å². The molecule has 3 rings (SSSR count). The van der Waals surface area contributed by atoms with Crippen molar-refractivity contribution < 1.29 is 9.53 Å². The summed E-state index contributed by atoms with van der Waals surface area (Å²) in [7, 11) is 0. The number of aryl methyl sites for hydroxylation is 1. The van der Waals surface area contributed by atoms with Gasteiger partial charge >= 0.3 is 0 Å². The van der Waals surface area contributed by atoms with E-state index in [1.54, 1.807) is 18.2 Å². The summed E-state index contributed by atoms with van der Waals surface area (Å²) in [6, 6.07) is 12.9. The number of rotatable bonds is 9. The molecule has 3 aromatic rings. The molecule has 0 bridgehead atoms. The number of carbonyl (C=O) groups is 1. The third-order valence-corrected chi connectivity index (χ3v) is 5.95.